The molecule has 18 heavy (non-hydrogen) atoms. The summed E-state index contributed by atoms with van der Waals surface area (Å²) in [6.45, 7) is 2.57. The van der Waals surface area contributed by atoms with Crippen molar-refractivity contribution in [3.05, 3.63) is 34.6 Å². The van der Waals surface area contributed by atoms with E-state index in [4.69, 9.17) is 11.6 Å². The molecule has 1 aromatic rings. The van der Waals surface area contributed by atoms with Crippen LogP contribution in [-0.4, -0.2) is 29.2 Å². The minimum absolute atomic E-state index is 0.150. The van der Waals surface area contributed by atoms with Gasteiger partial charge in [0.15, 0.2) is 0 Å². The van der Waals surface area contributed by atoms with Crippen molar-refractivity contribution >= 4 is 11.6 Å². The summed E-state index contributed by atoms with van der Waals surface area (Å²) >= 11 is 5.97. The van der Waals surface area contributed by atoms with E-state index in [0.717, 1.165) is 31.5 Å². The van der Waals surface area contributed by atoms with Crippen molar-refractivity contribution in [3.8, 4) is 0 Å². The number of rotatable bonds is 2. The highest BCUT2D eigenvalue weighted by Crippen LogP contribution is 2.38. The average molecular weight is 270 g/mol. The largest absolute Gasteiger partial charge is 0.393 e. The number of aliphatic hydroxyl groups excluding tert-OH is 1. The quantitative estimate of drug-likeness (QED) is 0.892. The number of nitrogens with zero attached hydrogens (tertiary/aromatic N) is 1. The highest BCUT2D eigenvalue weighted by Gasteiger charge is 2.41. The number of hydrogen-bond acceptors (Lipinski definition) is 2. The third-order valence-electron chi connectivity index (χ3n) is 4.32. The Hall–Kier alpha value is -0.640. The first kappa shape index (κ1) is 12.4. The second-order valence-corrected chi connectivity index (χ2v) is 5.85. The van der Waals surface area contributed by atoms with Crippen molar-refractivity contribution in [1.82, 2.24) is 4.90 Å². The molecule has 2 aliphatic rings. The summed E-state index contributed by atoms with van der Waals surface area (Å²) in [5.74, 6) is 0.651. The number of aliphatic hydroxyl groups is 1. The minimum atomic E-state index is -0.353. The molecular formula is C14H17ClFNO. The van der Waals surface area contributed by atoms with Crippen LogP contribution in [0.25, 0.3) is 0 Å². The Morgan fingerprint density at radius 2 is 2.17 bits per heavy atom. The molecule has 4 heteroatoms. The lowest BCUT2D eigenvalue weighted by molar-refractivity contribution is 0.123. The number of likely N-dealkylation sites (tertiary alicyclic amines) is 1. The van der Waals surface area contributed by atoms with Crippen molar-refractivity contribution in [2.24, 2.45) is 11.8 Å². The molecule has 1 saturated carbocycles. The van der Waals surface area contributed by atoms with Crippen LogP contribution in [-0.2, 0) is 6.54 Å². The van der Waals surface area contributed by atoms with E-state index in [1.165, 1.54) is 6.07 Å². The second-order valence-electron chi connectivity index (χ2n) is 5.48. The third-order valence-corrected chi connectivity index (χ3v) is 4.74. The fourth-order valence-electron chi connectivity index (χ4n) is 3.37. The summed E-state index contributed by atoms with van der Waals surface area (Å²) in [5, 5.41) is 10.1. The first-order chi connectivity index (χ1) is 8.65. The Morgan fingerprint density at radius 3 is 2.94 bits per heavy atom. The summed E-state index contributed by atoms with van der Waals surface area (Å²) in [6, 6.07) is 4.95. The molecule has 0 spiro atoms. The fraction of sp³-hybridized carbons (Fsp3) is 0.571. The molecule has 1 heterocycles. The molecule has 2 fully saturated rings. The smallest absolute Gasteiger partial charge is 0.142 e. The molecule has 3 unspecified atom stereocenters. The van der Waals surface area contributed by atoms with Crippen molar-refractivity contribution in [2.45, 2.75) is 25.5 Å². The maximum Gasteiger partial charge on any atom is 0.142 e. The van der Waals surface area contributed by atoms with Crippen LogP contribution in [0.2, 0.25) is 5.02 Å². The fourth-order valence-corrected chi connectivity index (χ4v) is 3.56. The second kappa shape index (κ2) is 4.80. The topological polar surface area (TPSA) is 23.5 Å². The normalized spacial score (nSPS) is 31.8. The summed E-state index contributed by atoms with van der Waals surface area (Å²) in [5.41, 5.74) is 0.839. The average Bonchev–Trinajstić information content (AvgIpc) is 2.88. The molecule has 3 atom stereocenters. The van der Waals surface area contributed by atoms with Crippen molar-refractivity contribution < 1.29 is 9.50 Å². The number of halogens is 2. The molecule has 98 valence electrons. The molecule has 3 rings (SSSR count). The van der Waals surface area contributed by atoms with Gasteiger partial charge in [0.1, 0.15) is 5.82 Å². The van der Waals surface area contributed by atoms with E-state index in [0.29, 0.717) is 18.4 Å². The van der Waals surface area contributed by atoms with Gasteiger partial charge in [0, 0.05) is 25.6 Å². The Morgan fingerprint density at radius 1 is 1.33 bits per heavy atom. The van der Waals surface area contributed by atoms with E-state index < -0.39 is 0 Å². The van der Waals surface area contributed by atoms with Crippen LogP contribution in [0.5, 0.6) is 0 Å². The van der Waals surface area contributed by atoms with Gasteiger partial charge in [-0.3, -0.25) is 4.90 Å². The first-order valence-corrected chi connectivity index (χ1v) is 6.86. The minimum Gasteiger partial charge on any atom is -0.393 e. The van der Waals surface area contributed by atoms with Gasteiger partial charge in [0.05, 0.1) is 11.1 Å². The van der Waals surface area contributed by atoms with Crippen molar-refractivity contribution in [3.63, 3.8) is 0 Å². The molecule has 0 bridgehead atoms. The van der Waals surface area contributed by atoms with Crippen LogP contribution < -0.4 is 0 Å². The maximum absolute atomic E-state index is 13.4. The van der Waals surface area contributed by atoms with Crippen LogP contribution in [0.3, 0.4) is 0 Å². The number of benzene rings is 1. The molecule has 0 aromatic heterocycles. The number of fused-ring (bicyclic) bond motifs is 1. The molecule has 1 aromatic carbocycles. The molecular weight excluding hydrogens is 253 g/mol. The molecule has 1 saturated heterocycles. The maximum atomic E-state index is 13.4. The van der Waals surface area contributed by atoms with Gasteiger partial charge >= 0.3 is 0 Å². The van der Waals surface area contributed by atoms with Gasteiger partial charge in [0.2, 0.25) is 0 Å². The molecule has 0 amide bonds. The molecule has 2 nitrogen and oxygen atoms in total. The van der Waals surface area contributed by atoms with Gasteiger partial charge < -0.3 is 5.11 Å². The van der Waals surface area contributed by atoms with Crippen molar-refractivity contribution in [2.75, 3.05) is 13.1 Å². The lowest BCUT2D eigenvalue weighted by atomic mass is 10.00. The number of hydrogen-bond donors (Lipinski definition) is 1. The van der Waals surface area contributed by atoms with Gasteiger partial charge in [0.25, 0.3) is 0 Å². The van der Waals surface area contributed by atoms with Crippen LogP contribution in [0.15, 0.2) is 18.2 Å². The Balaban J connectivity index is 1.70. The Labute approximate surface area is 111 Å². The van der Waals surface area contributed by atoms with Crippen LogP contribution >= 0.6 is 11.6 Å². The standard InChI is InChI=1S/C14H17ClFNO/c15-14-10(2-1-3-12(14)16)7-17-6-9-4-5-13(18)11(9)8-17/h1-3,9,11,13,18H,4-8H2. The molecule has 1 aliphatic heterocycles. The summed E-state index contributed by atoms with van der Waals surface area (Å²) in [4.78, 5) is 2.28. The predicted octanol–water partition coefficient (Wildman–Crippen LogP) is 2.68. The summed E-state index contributed by atoms with van der Waals surface area (Å²) in [6.07, 6.45) is 1.89. The lowest BCUT2D eigenvalue weighted by Crippen LogP contribution is -2.24. The lowest BCUT2D eigenvalue weighted by Gasteiger charge is -2.18. The zero-order valence-electron chi connectivity index (χ0n) is 10.1. The Bertz CT molecular complexity index is 453. The first-order valence-electron chi connectivity index (χ1n) is 6.48. The van der Waals surface area contributed by atoms with E-state index in [2.05, 4.69) is 4.90 Å². The van der Waals surface area contributed by atoms with E-state index >= 15 is 0 Å². The van der Waals surface area contributed by atoms with Gasteiger partial charge in [-0.05, 0) is 30.4 Å². The summed E-state index contributed by atoms with van der Waals surface area (Å²) in [7, 11) is 0. The van der Waals surface area contributed by atoms with Crippen LogP contribution in [0.4, 0.5) is 4.39 Å². The van der Waals surface area contributed by atoms with Gasteiger partial charge in [-0.25, -0.2) is 4.39 Å². The van der Waals surface area contributed by atoms with Gasteiger partial charge in [-0.1, -0.05) is 23.7 Å². The molecule has 0 radical (unpaired) electrons. The summed E-state index contributed by atoms with van der Waals surface area (Å²) < 4.78 is 13.4. The zero-order valence-corrected chi connectivity index (χ0v) is 10.9. The van der Waals surface area contributed by atoms with E-state index in [1.54, 1.807) is 6.07 Å². The van der Waals surface area contributed by atoms with Crippen molar-refractivity contribution in [1.29, 1.82) is 0 Å². The highest BCUT2D eigenvalue weighted by molar-refractivity contribution is 6.31. The molecule has 1 aliphatic carbocycles. The van der Waals surface area contributed by atoms with Crippen LogP contribution in [0.1, 0.15) is 18.4 Å². The van der Waals surface area contributed by atoms with E-state index in [9.17, 15) is 9.50 Å². The Kier molecular flexibility index (Phi) is 3.31. The monoisotopic (exact) mass is 269 g/mol. The SMILES string of the molecule is OC1CCC2CN(Cc3cccc(F)c3Cl)CC12. The van der Waals surface area contributed by atoms with Gasteiger partial charge in [-0.15, -0.1) is 0 Å². The predicted molar refractivity (Wildman–Crippen MR) is 68.9 cm³/mol. The van der Waals surface area contributed by atoms with E-state index in [1.807, 2.05) is 6.07 Å². The van der Waals surface area contributed by atoms with Gasteiger partial charge in [-0.2, -0.15) is 0 Å². The third kappa shape index (κ3) is 2.15. The highest BCUT2D eigenvalue weighted by atomic mass is 35.5. The van der Waals surface area contributed by atoms with E-state index in [-0.39, 0.29) is 16.9 Å². The zero-order chi connectivity index (χ0) is 12.7. The molecule has 1 N–H and O–H groups in total. The van der Waals surface area contributed by atoms with Crippen LogP contribution in [0, 0.1) is 17.7 Å².